The molecule has 0 spiro atoms. The number of nitrogens with zero attached hydrogens (tertiary/aromatic N) is 2. The van der Waals surface area contributed by atoms with Crippen molar-refractivity contribution in [3.05, 3.63) is 20.2 Å². The van der Waals surface area contributed by atoms with Crippen LogP contribution in [0.4, 0.5) is 0 Å². The SMILES string of the molecule is Cc1nc(Cl)c(I)c(C(C)(C)C)n1. The lowest BCUT2D eigenvalue weighted by Crippen LogP contribution is -2.17. The molecular weight excluding hydrogens is 298 g/mol. The van der Waals surface area contributed by atoms with Crippen LogP contribution in [0.1, 0.15) is 32.3 Å². The second kappa shape index (κ2) is 3.69. The molecule has 4 heteroatoms. The van der Waals surface area contributed by atoms with E-state index in [4.69, 9.17) is 11.6 Å². The summed E-state index contributed by atoms with van der Waals surface area (Å²) in [5.41, 5.74) is 1.04. The molecule has 0 aliphatic carbocycles. The largest absolute Gasteiger partial charge is 0.236 e. The number of aryl methyl sites for hydroxylation is 1. The molecule has 0 atom stereocenters. The van der Waals surface area contributed by atoms with E-state index in [1.165, 1.54) is 0 Å². The van der Waals surface area contributed by atoms with Crippen LogP contribution in [0.15, 0.2) is 0 Å². The Kier molecular flexibility index (Phi) is 3.17. The van der Waals surface area contributed by atoms with E-state index in [9.17, 15) is 0 Å². The van der Waals surface area contributed by atoms with Crippen LogP contribution in [-0.4, -0.2) is 9.97 Å². The van der Waals surface area contributed by atoms with Gasteiger partial charge in [0.05, 0.1) is 9.26 Å². The van der Waals surface area contributed by atoms with Gasteiger partial charge in [-0.2, -0.15) is 0 Å². The predicted octanol–water partition coefficient (Wildman–Crippen LogP) is 3.34. The van der Waals surface area contributed by atoms with Gasteiger partial charge < -0.3 is 0 Å². The molecule has 0 fully saturated rings. The van der Waals surface area contributed by atoms with Gasteiger partial charge in [0.1, 0.15) is 11.0 Å². The van der Waals surface area contributed by atoms with Crippen LogP contribution < -0.4 is 0 Å². The highest BCUT2D eigenvalue weighted by Gasteiger charge is 2.21. The molecule has 72 valence electrons. The molecule has 1 heterocycles. The lowest BCUT2D eigenvalue weighted by molar-refractivity contribution is 0.560. The number of hydrogen-bond acceptors (Lipinski definition) is 2. The van der Waals surface area contributed by atoms with Crippen molar-refractivity contribution in [2.45, 2.75) is 33.1 Å². The van der Waals surface area contributed by atoms with Crippen molar-refractivity contribution in [1.82, 2.24) is 9.97 Å². The summed E-state index contributed by atoms with van der Waals surface area (Å²) in [6.45, 7) is 8.21. The lowest BCUT2D eigenvalue weighted by Gasteiger charge is -2.19. The first-order chi connectivity index (χ1) is 5.82. The van der Waals surface area contributed by atoms with Gasteiger partial charge in [-0.3, -0.25) is 0 Å². The quantitative estimate of drug-likeness (QED) is 0.542. The van der Waals surface area contributed by atoms with E-state index in [1.807, 2.05) is 6.92 Å². The van der Waals surface area contributed by atoms with Gasteiger partial charge in [0.2, 0.25) is 0 Å². The standard InChI is InChI=1S/C9H12ClIN2/c1-5-12-7(9(2,3)4)6(11)8(10)13-5/h1-4H3. The molecule has 1 aromatic rings. The highest BCUT2D eigenvalue weighted by molar-refractivity contribution is 14.1. The third-order valence-corrected chi connectivity index (χ3v) is 3.25. The van der Waals surface area contributed by atoms with Gasteiger partial charge in [0.15, 0.2) is 0 Å². The fourth-order valence-corrected chi connectivity index (χ4v) is 2.28. The Morgan fingerprint density at radius 3 is 2.23 bits per heavy atom. The molecule has 0 N–H and O–H groups in total. The van der Waals surface area contributed by atoms with E-state index < -0.39 is 0 Å². The highest BCUT2D eigenvalue weighted by Crippen LogP contribution is 2.28. The van der Waals surface area contributed by atoms with Crippen LogP contribution in [0.25, 0.3) is 0 Å². The summed E-state index contributed by atoms with van der Waals surface area (Å²) in [6.07, 6.45) is 0. The molecule has 13 heavy (non-hydrogen) atoms. The van der Waals surface area contributed by atoms with Gasteiger partial charge in [-0.25, -0.2) is 9.97 Å². The van der Waals surface area contributed by atoms with Crippen molar-refractivity contribution in [2.24, 2.45) is 0 Å². The average Bonchev–Trinajstić information content (AvgIpc) is 1.94. The molecule has 0 aliphatic heterocycles. The average molecular weight is 311 g/mol. The zero-order valence-electron chi connectivity index (χ0n) is 8.15. The Labute approximate surface area is 97.3 Å². The maximum absolute atomic E-state index is 5.97. The molecule has 0 bridgehead atoms. The van der Waals surface area contributed by atoms with Crippen LogP contribution in [0, 0.1) is 10.5 Å². The summed E-state index contributed by atoms with van der Waals surface area (Å²) in [4.78, 5) is 8.50. The van der Waals surface area contributed by atoms with Gasteiger partial charge >= 0.3 is 0 Å². The van der Waals surface area contributed by atoms with Crippen molar-refractivity contribution < 1.29 is 0 Å². The maximum atomic E-state index is 5.97. The van der Waals surface area contributed by atoms with E-state index in [0.717, 1.165) is 15.1 Å². The molecule has 0 aromatic carbocycles. The minimum atomic E-state index is 0.0217. The van der Waals surface area contributed by atoms with Crippen LogP contribution in [0.3, 0.4) is 0 Å². The molecule has 0 saturated carbocycles. The fourth-order valence-electron chi connectivity index (χ4n) is 1.02. The van der Waals surface area contributed by atoms with Gasteiger partial charge in [0.25, 0.3) is 0 Å². The highest BCUT2D eigenvalue weighted by atomic mass is 127. The molecule has 0 radical (unpaired) electrons. The maximum Gasteiger partial charge on any atom is 0.146 e. The van der Waals surface area contributed by atoms with Crippen LogP contribution in [0.5, 0.6) is 0 Å². The third kappa shape index (κ3) is 2.53. The predicted molar refractivity (Wildman–Crippen MR) is 63.2 cm³/mol. The van der Waals surface area contributed by atoms with Crippen LogP contribution in [-0.2, 0) is 5.41 Å². The van der Waals surface area contributed by atoms with Crippen molar-refractivity contribution in [2.75, 3.05) is 0 Å². The number of aromatic nitrogens is 2. The second-order valence-electron chi connectivity index (χ2n) is 3.97. The number of halogens is 2. The van der Waals surface area contributed by atoms with Crippen molar-refractivity contribution in [3.63, 3.8) is 0 Å². The minimum Gasteiger partial charge on any atom is -0.236 e. The Hall–Kier alpha value is 0.1000. The Morgan fingerprint density at radius 2 is 1.77 bits per heavy atom. The Morgan fingerprint density at radius 1 is 1.23 bits per heavy atom. The zero-order chi connectivity index (χ0) is 10.2. The van der Waals surface area contributed by atoms with E-state index in [-0.39, 0.29) is 5.41 Å². The normalized spacial score (nSPS) is 11.8. The smallest absolute Gasteiger partial charge is 0.146 e. The topological polar surface area (TPSA) is 25.8 Å². The fraction of sp³-hybridized carbons (Fsp3) is 0.556. The number of rotatable bonds is 0. The molecule has 1 aromatic heterocycles. The van der Waals surface area contributed by atoms with E-state index in [0.29, 0.717) is 5.15 Å². The first kappa shape index (κ1) is 11.2. The Bertz CT molecular complexity index is 331. The van der Waals surface area contributed by atoms with Crippen LogP contribution >= 0.6 is 34.2 Å². The van der Waals surface area contributed by atoms with Gasteiger partial charge in [-0.15, -0.1) is 0 Å². The van der Waals surface area contributed by atoms with E-state index in [2.05, 4.69) is 53.3 Å². The molecule has 0 saturated heterocycles. The number of hydrogen-bond donors (Lipinski definition) is 0. The zero-order valence-corrected chi connectivity index (χ0v) is 11.1. The van der Waals surface area contributed by atoms with Gasteiger partial charge in [-0.05, 0) is 29.5 Å². The first-order valence-corrected chi connectivity index (χ1v) is 5.48. The molecule has 0 aliphatic rings. The summed E-state index contributed by atoms with van der Waals surface area (Å²) < 4.78 is 0.956. The van der Waals surface area contributed by atoms with Crippen molar-refractivity contribution >= 4 is 34.2 Å². The van der Waals surface area contributed by atoms with Gasteiger partial charge in [0, 0.05) is 5.41 Å². The van der Waals surface area contributed by atoms with E-state index in [1.54, 1.807) is 0 Å². The monoisotopic (exact) mass is 310 g/mol. The minimum absolute atomic E-state index is 0.0217. The molecular formula is C9H12ClIN2. The van der Waals surface area contributed by atoms with E-state index >= 15 is 0 Å². The lowest BCUT2D eigenvalue weighted by atomic mass is 9.92. The summed E-state index contributed by atoms with van der Waals surface area (Å²) in [5.74, 6) is 0.732. The summed E-state index contributed by atoms with van der Waals surface area (Å²) in [5, 5.41) is 0.554. The Balaban J connectivity index is 3.37. The first-order valence-electron chi connectivity index (χ1n) is 4.02. The summed E-state index contributed by atoms with van der Waals surface area (Å²) in [6, 6.07) is 0. The van der Waals surface area contributed by atoms with Crippen molar-refractivity contribution in [3.8, 4) is 0 Å². The van der Waals surface area contributed by atoms with Crippen molar-refractivity contribution in [1.29, 1.82) is 0 Å². The summed E-state index contributed by atoms with van der Waals surface area (Å²) in [7, 11) is 0. The van der Waals surface area contributed by atoms with Gasteiger partial charge in [-0.1, -0.05) is 32.4 Å². The third-order valence-electron chi connectivity index (χ3n) is 1.63. The molecule has 0 amide bonds. The molecule has 1 rings (SSSR count). The van der Waals surface area contributed by atoms with Crippen LogP contribution in [0.2, 0.25) is 5.15 Å². The molecule has 2 nitrogen and oxygen atoms in total. The molecule has 0 unspecified atom stereocenters. The second-order valence-corrected chi connectivity index (χ2v) is 5.41. The summed E-state index contributed by atoms with van der Waals surface area (Å²) >= 11 is 8.16.